The van der Waals surface area contributed by atoms with Crippen molar-refractivity contribution in [1.29, 1.82) is 0 Å². The van der Waals surface area contributed by atoms with Crippen molar-refractivity contribution >= 4 is 28.0 Å². The van der Waals surface area contributed by atoms with E-state index in [1.54, 1.807) is 6.33 Å². The van der Waals surface area contributed by atoms with Gasteiger partial charge in [0.2, 0.25) is 5.71 Å². The average molecular weight is 324 g/mol. The molecular formula is C18H20N4O2. The van der Waals surface area contributed by atoms with Crippen molar-refractivity contribution in [2.24, 2.45) is 0 Å². The maximum Gasteiger partial charge on any atom is 0.229 e. The quantitative estimate of drug-likeness (QED) is 0.685. The Labute approximate surface area is 139 Å². The number of anilines is 1. The summed E-state index contributed by atoms with van der Waals surface area (Å²) in [4.78, 5) is 16.0. The molecule has 0 saturated carbocycles. The van der Waals surface area contributed by atoms with Crippen molar-refractivity contribution in [3.8, 4) is 0 Å². The molecule has 1 saturated heterocycles. The first-order chi connectivity index (χ1) is 11.6. The summed E-state index contributed by atoms with van der Waals surface area (Å²) in [6.07, 6.45) is 4.82. The molecule has 0 N–H and O–H groups in total. The minimum atomic E-state index is -0.180. The lowest BCUT2D eigenvalue weighted by atomic mass is 9.95. The Kier molecular flexibility index (Phi) is 2.89. The van der Waals surface area contributed by atoms with Gasteiger partial charge in [-0.3, -0.25) is 0 Å². The number of ether oxygens (including phenoxy) is 1. The Morgan fingerprint density at radius 2 is 2.00 bits per heavy atom. The lowest BCUT2D eigenvalue weighted by molar-refractivity contribution is -0.0411. The summed E-state index contributed by atoms with van der Waals surface area (Å²) in [5.74, 6) is 0.894. The molecular weight excluding hydrogens is 304 g/mol. The molecule has 24 heavy (non-hydrogen) atoms. The molecule has 2 aliphatic rings. The summed E-state index contributed by atoms with van der Waals surface area (Å²) in [6, 6.07) is 2.12. The monoisotopic (exact) mass is 324 g/mol. The number of rotatable bonds is 1. The second-order valence-corrected chi connectivity index (χ2v) is 7.34. The van der Waals surface area contributed by atoms with Crippen LogP contribution in [0.3, 0.4) is 0 Å². The van der Waals surface area contributed by atoms with E-state index in [0.717, 1.165) is 53.1 Å². The van der Waals surface area contributed by atoms with Gasteiger partial charge in [-0.2, -0.15) is 0 Å². The van der Waals surface area contributed by atoms with Crippen LogP contribution in [-0.4, -0.2) is 33.6 Å². The molecule has 0 radical (unpaired) electrons. The SMILES string of the molecule is CC1(C)Cc2nc3oc4c(N5CCCC5)ncnc4c3cc2CO1. The molecule has 6 heteroatoms. The zero-order valence-electron chi connectivity index (χ0n) is 14.0. The number of hydrogen-bond acceptors (Lipinski definition) is 6. The second kappa shape index (κ2) is 4.89. The smallest absolute Gasteiger partial charge is 0.229 e. The minimum Gasteiger partial charge on any atom is -0.432 e. The fourth-order valence-electron chi connectivity index (χ4n) is 3.73. The summed E-state index contributed by atoms with van der Waals surface area (Å²) in [6.45, 7) is 6.82. The number of furan rings is 1. The van der Waals surface area contributed by atoms with Gasteiger partial charge in [-0.05, 0) is 32.8 Å². The highest BCUT2D eigenvalue weighted by Crippen LogP contribution is 2.35. The Morgan fingerprint density at radius 1 is 1.17 bits per heavy atom. The molecule has 2 aliphatic heterocycles. The highest BCUT2D eigenvalue weighted by molar-refractivity contribution is 6.04. The van der Waals surface area contributed by atoms with Gasteiger partial charge in [-0.25, -0.2) is 15.0 Å². The first kappa shape index (κ1) is 14.2. The van der Waals surface area contributed by atoms with Crippen LogP contribution in [-0.2, 0) is 17.8 Å². The van der Waals surface area contributed by atoms with Crippen molar-refractivity contribution < 1.29 is 9.15 Å². The molecule has 1 fully saturated rings. The summed E-state index contributed by atoms with van der Waals surface area (Å²) < 4.78 is 12.0. The molecule has 6 nitrogen and oxygen atoms in total. The van der Waals surface area contributed by atoms with E-state index in [9.17, 15) is 0 Å². The van der Waals surface area contributed by atoms with Crippen molar-refractivity contribution in [1.82, 2.24) is 15.0 Å². The van der Waals surface area contributed by atoms with Gasteiger partial charge in [0.25, 0.3) is 0 Å². The number of nitrogens with zero attached hydrogens (tertiary/aromatic N) is 4. The van der Waals surface area contributed by atoms with E-state index in [1.807, 2.05) is 0 Å². The molecule has 0 unspecified atom stereocenters. The molecule has 0 spiro atoms. The predicted octanol–water partition coefficient (Wildman–Crippen LogP) is 3.22. The zero-order valence-corrected chi connectivity index (χ0v) is 14.0. The van der Waals surface area contributed by atoms with E-state index in [-0.39, 0.29) is 5.60 Å². The zero-order chi connectivity index (χ0) is 16.3. The van der Waals surface area contributed by atoms with Crippen molar-refractivity contribution in [2.45, 2.75) is 45.3 Å². The van der Waals surface area contributed by atoms with Crippen LogP contribution < -0.4 is 4.90 Å². The summed E-state index contributed by atoms with van der Waals surface area (Å²) in [5, 5.41) is 0.954. The Morgan fingerprint density at radius 3 is 2.83 bits per heavy atom. The van der Waals surface area contributed by atoms with Crippen LogP contribution in [0.15, 0.2) is 16.8 Å². The third-order valence-electron chi connectivity index (χ3n) is 5.01. The van der Waals surface area contributed by atoms with Gasteiger partial charge < -0.3 is 14.1 Å². The van der Waals surface area contributed by atoms with E-state index >= 15 is 0 Å². The van der Waals surface area contributed by atoms with Crippen LogP contribution >= 0.6 is 0 Å². The van der Waals surface area contributed by atoms with Crippen LogP contribution in [0, 0.1) is 0 Å². The van der Waals surface area contributed by atoms with E-state index in [2.05, 4.69) is 34.8 Å². The summed E-state index contributed by atoms with van der Waals surface area (Å²) >= 11 is 0. The van der Waals surface area contributed by atoms with Crippen LogP contribution in [0.25, 0.3) is 22.2 Å². The van der Waals surface area contributed by atoms with Crippen LogP contribution in [0.1, 0.15) is 37.9 Å². The third kappa shape index (κ3) is 2.09. The fourth-order valence-corrected chi connectivity index (χ4v) is 3.73. The molecule has 3 aromatic rings. The molecule has 0 aromatic carbocycles. The first-order valence-electron chi connectivity index (χ1n) is 8.56. The second-order valence-electron chi connectivity index (χ2n) is 7.34. The number of hydrogen-bond donors (Lipinski definition) is 0. The maximum absolute atomic E-state index is 6.11. The van der Waals surface area contributed by atoms with Gasteiger partial charge in [0.05, 0.1) is 23.3 Å². The van der Waals surface area contributed by atoms with E-state index in [1.165, 1.54) is 12.8 Å². The highest BCUT2D eigenvalue weighted by atomic mass is 16.5. The largest absolute Gasteiger partial charge is 0.432 e. The Bertz CT molecular complexity index is 941. The van der Waals surface area contributed by atoms with Crippen LogP contribution in [0.5, 0.6) is 0 Å². The van der Waals surface area contributed by atoms with Crippen molar-refractivity contribution in [2.75, 3.05) is 18.0 Å². The van der Waals surface area contributed by atoms with Crippen molar-refractivity contribution in [3.05, 3.63) is 23.7 Å². The summed E-state index contributed by atoms with van der Waals surface area (Å²) in [7, 11) is 0. The molecule has 5 heterocycles. The predicted molar refractivity (Wildman–Crippen MR) is 91.1 cm³/mol. The molecule has 5 rings (SSSR count). The van der Waals surface area contributed by atoms with Gasteiger partial charge >= 0.3 is 0 Å². The molecule has 124 valence electrons. The first-order valence-corrected chi connectivity index (χ1v) is 8.56. The lowest BCUT2D eigenvalue weighted by Gasteiger charge is -2.30. The number of aromatic nitrogens is 3. The van der Waals surface area contributed by atoms with Crippen LogP contribution in [0.4, 0.5) is 5.82 Å². The fraction of sp³-hybridized carbons (Fsp3) is 0.500. The van der Waals surface area contributed by atoms with Crippen LogP contribution in [0.2, 0.25) is 0 Å². The third-order valence-corrected chi connectivity index (χ3v) is 5.01. The van der Waals surface area contributed by atoms with Gasteiger partial charge in [-0.1, -0.05) is 0 Å². The molecule has 0 aliphatic carbocycles. The Balaban J connectivity index is 1.72. The van der Waals surface area contributed by atoms with E-state index < -0.39 is 0 Å². The minimum absolute atomic E-state index is 0.180. The standard InChI is InChI=1S/C18H20N4O2/c1-18(2)8-13-11(9-23-18)7-12-14-15(24-17(12)21-13)16(20-10-19-14)22-5-3-4-6-22/h7,10H,3-6,8-9H2,1-2H3. The summed E-state index contributed by atoms with van der Waals surface area (Å²) in [5.41, 5.74) is 4.27. The van der Waals surface area contributed by atoms with E-state index in [0.29, 0.717) is 12.3 Å². The van der Waals surface area contributed by atoms with Gasteiger partial charge in [0.15, 0.2) is 11.4 Å². The molecule has 0 atom stereocenters. The molecule has 3 aromatic heterocycles. The molecule has 0 bridgehead atoms. The normalized spacial score (nSPS) is 20.0. The Hall–Kier alpha value is -2.21. The topological polar surface area (TPSA) is 64.3 Å². The lowest BCUT2D eigenvalue weighted by Crippen LogP contribution is -2.32. The van der Waals surface area contributed by atoms with E-state index in [4.69, 9.17) is 14.1 Å². The van der Waals surface area contributed by atoms with Gasteiger partial charge in [0.1, 0.15) is 11.8 Å². The van der Waals surface area contributed by atoms with Gasteiger partial charge in [0, 0.05) is 25.1 Å². The van der Waals surface area contributed by atoms with Crippen molar-refractivity contribution in [3.63, 3.8) is 0 Å². The highest BCUT2D eigenvalue weighted by Gasteiger charge is 2.29. The molecule has 0 amide bonds. The average Bonchev–Trinajstić information content (AvgIpc) is 3.19. The maximum atomic E-state index is 6.11. The number of pyridine rings is 1. The number of fused-ring (bicyclic) bond motifs is 4. The van der Waals surface area contributed by atoms with Gasteiger partial charge in [-0.15, -0.1) is 0 Å².